The lowest BCUT2D eigenvalue weighted by Crippen LogP contribution is -2.31. The first-order valence-corrected chi connectivity index (χ1v) is 8.93. The van der Waals surface area contributed by atoms with Gasteiger partial charge in [0.05, 0.1) is 4.92 Å². The van der Waals surface area contributed by atoms with Crippen molar-refractivity contribution in [2.45, 2.75) is 13.5 Å². The molecule has 0 aliphatic carbocycles. The van der Waals surface area contributed by atoms with Crippen LogP contribution in [0.4, 0.5) is 21.5 Å². The summed E-state index contributed by atoms with van der Waals surface area (Å²) in [5.41, 5.74) is -0.00669. The quantitative estimate of drug-likeness (QED) is 0.460. The fourth-order valence-electron chi connectivity index (χ4n) is 2.58. The van der Waals surface area contributed by atoms with E-state index in [0.717, 1.165) is 34.5 Å². The summed E-state index contributed by atoms with van der Waals surface area (Å²) in [6, 6.07) is 12.2. The number of nitro groups is 1. The molecular formula is C20H16FN5O5. The van der Waals surface area contributed by atoms with E-state index >= 15 is 0 Å². The molecule has 31 heavy (non-hydrogen) atoms. The highest BCUT2D eigenvalue weighted by Crippen LogP contribution is 2.21. The highest BCUT2D eigenvalue weighted by molar-refractivity contribution is 6.02. The normalized spacial score (nSPS) is 10.4. The molecule has 158 valence electrons. The molecule has 1 aromatic heterocycles. The SMILES string of the molecule is Cc1ccc(NC(=O)c2ccc(=O)n(CC(=O)Nc3ccc(F)c([N+](=O)[O-])c3)n2)cc1. The number of rotatable bonds is 6. The van der Waals surface area contributed by atoms with Crippen molar-refractivity contribution in [1.82, 2.24) is 9.78 Å². The Bertz CT molecular complexity index is 1220. The summed E-state index contributed by atoms with van der Waals surface area (Å²) in [4.78, 5) is 46.5. The third-order valence-corrected chi connectivity index (χ3v) is 4.13. The number of aromatic nitrogens is 2. The van der Waals surface area contributed by atoms with Crippen LogP contribution in [0.2, 0.25) is 0 Å². The summed E-state index contributed by atoms with van der Waals surface area (Å²) >= 11 is 0. The van der Waals surface area contributed by atoms with Crippen LogP contribution in [0, 0.1) is 22.9 Å². The van der Waals surface area contributed by atoms with Crippen LogP contribution in [0.3, 0.4) is 0 Å². The Morgan fingerprint density at radius 1 is 1.06 bits per heavy atom. The number of benzene rings is 2. The molecule has 10 nitrogen and oxygen atoms in total. The van der Waals surface area contributed by atoms with Crippen molar-refractivity contribution in [3.63, 3.8) is 0 Å². The molecule has 1 heterocycles. The van der Waals surface area contributed by atoms with Gasteiger partial charge in [-0.1, -0.05) is 17.7 Å². The van der Waals surface area contributed by atoms with Crippen LogP contribution in [0.5, 0.6) is 0 Å². The zero-order chi connectivity index (χ0) is 22.5. The lowest BCUT2D eigenvalue weighted by atomic mass is 10.2. The monoisotopic (exact) mass is 425 g/mol. The van der Waals surface area contributed by atoms with Gasteiger partial charge in [-0.2, -0.15) is 9.49 Å². The lowest BCUT2D eigenvalue weighted by Gasteiger charge is -2.09. The van der Waals surface area contributed by atoms with Crippen molar-refractivity contribution in [1.29, 1.82) is 0 Å². The first-order chi connectivity index (χ1) is 14.7. The number of aryl methyl sites for hydroxylation is 1. The van der Waals surface area contributed by atoms with Crippen LogP contribution >= 0.6 is 0 Å². The Morgan fingerprint density at radius 3 is 2.42 bits per heavy atom. The van der Waals surface area contributed by atoms with Crippen molar-refractivity contribution >= 4 is 28.9 Å². The summed E-state index contributed by atoms with van der Waals surface area (Å²) in [5.74, 6) is -2.37. The number of halogens is 1. The Hall–Kier alpha value is -4.41. The van der Waals surface area contributed by atoms with Gasteiger partial charge >= 0.3 is 5.69 Å². The zero-order valence-electron chi connectivity index (χ0n) is 16.2. The fraction of sp³-hybridized carbons (Fsp3) is 0.100. The number of carbonyl (C=O) groups is 2. The number of hydrogen-bond donors (Lipinski definition) is 2. The van der Waals surface area contributed by atoms with E-state index < -0.39 is 40.3 Å². The van der Waals surface area contributed by atoms with E-state index in [1.807, 2.05) is 19.1 Å². The van der Waals surface area contributed by atoms with Gasteiger partial charge in [-0.15, -0.1) is 0 Å². The largest absolute Gasteiger partial charge is 0.324 e. The minimum atomic E-state index is -1.05. The van der Waals surface area contributed by atoms with Crippen LogP contribution in [-0.2, 0) is 11.3 Å². The van der Waals surface area contributed by atoms with Crippen LogP contribution in [0.1, 0.15) is 16.1 Å². The maximum absolute atomic E-state index is 13.4. The number of nitrogens with zero attached hydrogens (tertiary/aromatic N) is 3. The number of anilines is 2. The second-order valence-electron chi connectivity index (χ2n) is 6.51. The van der Waals surface area contributed by atoms with E-state index in [4.69, 9.17) is 0 Å². The van der Waals surface area contributed by atoms with Crippen molar-refractivity contribution in [2.75, 3.05) is 10.6 Å². The van der Waals surface area contributed by atoms with Gasteiger partial charge in [0.25, 0.3) is 11.5 Å². The fourth-order valence-corrected chi connectivity index (χ4v) is 2.58. The van der Waals surface area contributed by atoms with E-state index in [1.54, 1.807) is 12.1 Å². The average molecular weight is 425 g/mol. The molecule has 0 atom stereocenters. The first-order valence-electron chi connectivity index (χ1n) is 8.93. The van der Waals surface area contributed by atoms with E-state index in [0.29, 0.717) is 5.69 Å². The van der Waals surface area contributed by atoms with Crippen molar-refractivity contribution in [3.8, 4) is 0 Å². The molecule has 2 N–H and O–H groups in total. The number of amides is 2. The summed E-state index contributed by atoms with van der Waals surface area (Å²) in [7, 11) is 0. The molecule has 0 saturated heterocycles. The zero-order valence-corrected chi connectivity index (χ0v) is 16.2. The van der Waals surface area contributed by atoms with Crippen LogP contribution in [0.25, 0.3) is 0 Å². The Morgan fingerprint density at radius 2 is 1.74 bits per heavy atom. The topological polar surface area (TPSA) is 136 Å². The highest BCUT2D eigenvalue weighted by Gasteiger charge is 2.16. The first kappa shape index (κ1) is 21.3. The van der Waals surface area contributed by atoms with Gasteiger partial charge in [0.15, 0.2) is 0 Å². The number of carbonyl (C=O) groups excluding carboxylic acids is 2. The molecule has 0 aliphatic heterocycles. The summed E-state index contributed by atoms with van der Waals surface area (Å²) in [6.07, 6.45) is 0. The second-order valence-corrected chi connectivity index (χ2v) is 6.51. The van der Waals surface area contributed by atoms with Gasteiger partial charge in [-0.3, -0.25) is 24.5 Å². The van der Waals surface area contributed by atoms with Crippen molar-refractivity contribution in [3.05, 3.63) is 92.1 Å². The maximum atomic E-state index is 13.4. The number of nitrogens with one attached hydrogen (secondary N) is 2. The lowest BCUT2D eigenvalue weighted by molar-refractivity contribution is -0.387. The van der Waals surface area contributed by atoms with Crippen molar-refractivity contribution in [2.24, 2.45) is 0 Å². The van der Waals surface area contributed by atoms with Gasteiger partial charge < -0.3 is 10.6 Å². The van der Waals surface area contributed by atoms with E-state index in [1.165, 1.54) is 6.07 Å². The number of nitro benzene ring substituents is 1. The molecule has 3 rings (SSSR count). The van der Waals surface area contributed by atoms with Crippen LogP contribution < -0.4 is 16.2 Å². The standard InChI is InChI=1S/C20H16FN5O5/c1-12-2-4-13(5-3-12)23-20(29)16-8-9-19(28)25(24-16)11-18(27)22-14-6-7-15(21)17(10-14)26(30)31/h2-10H,11H2,1H3,(H,22,27)(H,23,29). The van der Waals surface area contributed by atoms with Gasteiger partial charge in [0.1, 0.15) is 12.2 Å². The minimum absolute atomic E-state index is 0.0283. The molecule has 0 aliphatic rings. The average Bonchev–Trinajstić information content (AvgIpc) is 2.72. The molecule has 3 aromatic rings. The molecule has 0 saturated carbocycles. The molecule has 11 heteroatoms. The molecule has 0 radical (unpaired) electrons. The molecule has 0 bridgehead atoms. The van der Waals surface area contributed by atoms with Gasteiger partial charge in [0, 0.05) is 23.5 Å². The van der Waals surface area contributed by atoms with Gasteiger partial charge in [-0.05, 0) is 37.3 Å². The molecule has 0 spiro atoms. The van der Waals surface area contributed by atoms with Crippen molar-refractivity contribution < 1.29 is 18.9 Å². The molecule has 0 fully saturated rings. The summed E-state index contributed by atoms with van der Waals surface area (Å²) in [6.45, 7) is 1.34. The van der Waals surface area contributed by atoms with E-state index in [2.05, 4.69) is 15.7 Å². The van der Waals surface area contributed by atoms with Gasteiger partial charge in [-0.25, -0.2) is 4.68 Å². The highest BCUT2D eigenvalue weighted by atomic mass is 19.1. The van der Waals surface area contributed by atoms with Crippen LogP contribution in [-0.4, -0.2) is 26.5 Å². The predicted molar refractivity (Wildman–Crippen MR) is 109 cm³/mol. The summed E-state index contributed by atoms with van der Waals surface area (Å²) in [5, 5.41) is 19.6. The third-order valence-electron chi connectivity index (χ3n) is 4.13. The molecule has 0 unspecified atom stereocenters. The summed E-state index contributed by atoms with van der Waals surface area (Å²) < 4.78 is 14.2. The minimum Gasteiger partial charge on any atom is -0.324 e. The second kappa shape index (κ2) is 8.95. The smallest absolute Gasteiger partial charge is 0.306 e. The van der Waals surface area contributed by atoms with E-state index in [-0.39, 0.29) is 11.4 Å². The third kappa shape index (κ3) is 5.35. The maximum Gasteiger partial charge on any atom is 0.306 e. The Kier molecular flexibility index (Phi) is 6.15. The predicted octanol–water partition coefficient (Wildman–Crippen LogP) is 2.49. The van der Waals surface area contributed by atoms with Gasteiger partial charge in [0.2, 0.25) is 11.7 Å². The Balaban J connectivity index is 1.73. The van der Waals surface area contributed by atoms with Crippen LogP contribution in [0.15, 0.2) is 59.4 Å². The Labute approximate surface area is 174 Å². The molecular weight excluding hydrogens is 409 g/mol. The van der Waals surface area contributed by atoms with E-state index in [9.17, 15) is 28.9 Å². The molecule has 2 amide bonds. The number of hydrogen-bond acceptors (Lipinski definition) is 6. The molecule has 2 aromatic carbocycles.